The second-order valence-corrected chi connectivity index (χ2v) is 6.95. The average Bonchev–Trinajstić information content (AvgIpc) is 3.14. The molecule has 152 valence electrons. The van der Waals surface area contributed by atoms with Crippen LogP contribution in [0.2, 0.25) is 0 Å². The highest BCUT2D eigenvalue weighted by Gasteiger charge is 2.11. The molecule has 0 fully saturated rings. The van der Waals surface area contributed by atoms with Gasteiger partial charge in [0.25, 0.3) is 5.91 Å². The zero-order valence-corrected chi connectivity index (χ0v) is 16.6. The maximum atomic E-state index is 13.2. The molecule has 0 bridgehead atoms. The quantitative estimate of drug-likeness (QED) is 0.498. The minimum atomic E-state index is -0.326. The predicted octanol–water partition coefficient (Wildman–Crippen LogP) is 3.36. The summed E-state index contributed by atoms with van der Waals surface area (Å²) in [6.07, 6.45) is 0. The van der Waals surface area contributed by atoms with Crippen molar-refractivity contribution in [2.45, 2.75) is 13.8 Å². The molecular formula is C22H20FN5O2. The summed E-state index contributed by atoms with van der Waals surface area (Å²) < 4.78 is 20.4. The number of hydrogen-bond acceptors (Lipinski definition) is 5. The molecule has 0 radical (unpaired) electrons. The van der Waals surface area contributed by atoms with Crippen LogP contribution in [0.25, 0.3) is 17.0 Å². The van der Waals surface area contributed by atoms with Gasteiger partial charge in [-0.3, -0.25) is 4.79 Å². The predicted molar refractivity (Wildman–Crippen MR) is 110 cm³/mol. The lowest BCUT2D eigenvalue weighted by molar-refractivity contribution is 0.0946. The van der Waals surface area contributed by atoms with Crippen LogP contribution < -0.4 is 10.1 Å². The van der Waals surface area contributed by atoms with Gasteiger partial charge in [-0.25, -0.2) is 4.39 Å². The summed E-state index contributed by atoms with van der Waals surface area (Å²) in [5.41, 5.74) is 3.94. The minimum Gasteiger partial charge on any atom is -0.475 e. The Morgan fingerprint density at radius 2 is 1.77 bits per heavy atom. The zero-order chi connectivity index (χ0) is 21.1. The molecule has 7 nitrogen and oxygen atoms in total. The summed E-state index contributed by atoms with van der Waals surface area (Å²) in [6.45, 7) is 4.50. The van der Waals surface area contributed by atoms with Crippen molar-refractivity contribution in [2.24, 2.45) is 0 Å². The van der Waals surface area contributed by atoms with Crippen molar-refractivity contribution in [1.82, 2.24) is 25.1 Å². The van der Waals surface area contributed by atoms with Crippen LogP contribution in [0, 0.1) is 19.7 Å². The van der Waals surface area contributed by atoms with E-state index in [0.29, 0.717) is 35.0 Å². The Balaban J connectivity index is 1.40. The summed E-state index contributed by atoms with van der Waals surface area (Å²) in [5.74, 6) is 0.378. The van der Waals surface area contributed by atoms with E-state index in [-0.39, 0.29) is 18.3 Å². The number of aryl methyl sites for hydroxylation is 2. The fraction of sp³-hybridized carbons (Fsp3) is 0.182. The van der Waals surface area contributed by atoms with Crippen LogP contribution in [0.3, 0.4) is 0 Å². The standard InChI is InChI=1S/C22H20FN5O2/c1-14-11-15(2)13-17(12-14)22(29)24-9-10-30-20-8-7-19-25-26-21(28(19)27-20)16-3-5-18(23)6-4-16/h3-8,11-13H,9-10H2,1-2H3,(H,24,29). The van der Waals surface area contributed by atoms with Gasteiger partial charge in [-0.15, -0.1) is 15.3 Å². The third-order valence-electron chi connectivity index (χ3n) is 4.46. The Morgan fingerprint density at radius 3 is 2.50 bits per heavy atom. The molecule has 0 spiro atoms. The van der Waals surface area contributed by atoms with E-state index in [0.717, 1.165) is 11.1 Å². The molecule has 1 N–H and O–H groups in total. The second kappa shape index (κ2) is 8.28. The first-order chi connectivity index (χ1) is 14.5. The Hall–Kier alpha value is -3.81. The van der Waals surface area contributed by atoms with Crippen LogP contribution >= 0.6 is 0 Å². The Morgan fingerprint density at radius 1 is 1.03 bits per heavy atom. The molecule has 4 aromatic rings. The average molecular weight is 405 g/mol. The van der Waals surface area contributed by atoms with E-state index >= 15 is 0 Å². The van der Waals surface area contributed by atoms with Crippen molar-refractivity contribution >= 4 is 11.6 Å². The van der Waals surface area contributed by atoms with Crippen molar-refractivity contribution in [3.8, 4) is 17.3 Å². The zero-order valence-electron chi connectivity index (χ0n) is 16.6. The van der Waals surface area contributed by atoms with E-state index in [1.54, 1.807) is 24.3 Å². The first kappa shape index (κ1) is 19.5. The van der Waals surface area contributed by atoms with Crippen LogP contribution in [-0.4, -0.2) is 38.9 Å². The second-order valence-electron chi connectivity index (χ2n) is 6.95. The molecule has 1 amide bonds. The van der Waals surface area contributed by atoms with E-state index in [4.69, 9.17) is 4.74 Å². The van der Waals surface area contributed by atoms with Gasteiger partial charge in [0.15, 0.2) is 11.5 Å². The fourth-order valence-electron chi connectivity index (χ4n) is 3.16. The van der Waals surface area contributed by atoms with Crippen molar-refractivity contribution in [2.75, 3.05) is 13.2 Å². The highest BCUT2D eigenvalue weighted by atomic mass is 19.1. The highest BCUT2D eigenvalue weighted by molar-refractivity contribution is 5.94. The first-order valence-electron chi connectivity index (χ1n) is 9.47. The number of carbonyl (C=O) groups excluding carboxylic acids is 1. The molecular weight excluding hydrogens is 385 g/mol. The maximum absolute atomic E-state index is 13.2. The van der Waals surface area contributed by atoms with E-state index in [1.807, 2.05) is 32.0 Å². The van der Waals surface area contributed by atoms with E-state index in [2.05, 4.69) is 20.6 Å². The molecule has 2 heterocycles. The number of carbonyl (C=O) groups is 1. The van der Waals surface area contributed by atoms with Crippen molar-refractivity contribution in [3.05, 3.63) is 77.1 Å². The topological polar surface area (TPSA) is 81.4 Å². The third kappa shape index (κ3) is 4.27. The summed E-state index contributed by atoms with van der Waals surface area (Å²) in [6, 6.07) is 15.1. The van der Waals surface area contributed by atoms with E-state index < -0.39 is 0 Å². The van der Waals surface area contributed by atoms with Crippen molar-refractivity contribution in [3.63, 3.8) is 0 Å². The molecule has 0 saturated heterocycles. The number of ether oxygens (including phenoxy) is 1. The molecule has 0 aliphatic carbocycles. The Kier molecular flexibility index (Phi) is 5.38. The molecule has 30 heavy (non-hydrogen) atoms. The smallest absolute Gasteiger partial charge is 0.251 e. The number of halogens is 1. The van der Waals surface area contributed by atoms with Crippen molar-refractivity contribution in [1.29, 1.82) is 0 Å². The van der Waals surface area contributed by atoms with Gasteiger partial charge in [-0.2, -0.15) is 4.52 Å². The molecule has 0 aliphatic rings. The van der Waals surface area contributed by atoms with Crippen LogP contribution in [0.15, 0.2) is 54.6 Å². The lowest BCUT2D eigenvalue weighted by Gasteiger charge is -2.09. The monoisotopic (exact) mass is 405 g/mol. The van der Waals surface area contributed by atoms with E-state index in [9.17, 15) is 9.18 Å². The molecule has 0 atom stereocenters. The van der Waals surface area contributed by atoms with Gasteiger partial charge in [0.05, 0.1) is 6.54 Å². The number of rotatable bonds is 6. The number of amides is 1. The molecule has 8 heteroatoms. The van der Waals surface area contributed by atoms with Gasteiger partial charge in [0.1, 0.15) is 12.4 Å². The summed E-state index contributed by atoms with van der Waals surface area (Å²) in [7, 11) is 0. The summed E-state index contributed by atoms with van der Waals surface area (Å²) in [5, 5.41) is 15.4. The molecule has 0 aliphatic heterocycles. The minimum absolute atomic E-state index is 0.147. The number of benzene rings is 2. The number of aromatic nitrogens is 4. The summed E-state index contributed by atoms with van der Waals surface area (Å²) >= 11 is 0. The molecule has 0 unspecified atom stereocenters. The summed E-state index contributed by atoms with van der Waals surface area (Å²) in [4.78, 5) is 12.3. The van der Waals surface area contributed by atoms with Gasteiger partial charge in [-0.1, -0.05) is 17.2 Å². The van der Waals surface area contributed by atoms with Crippen LogP contribution in [0.1, 0.15) is 21.5 Å². The Labute approximate surface area is 172 Å². The normalized spacial score (nSPS) is 10.9. The lowest BCUT2D eigenvalue weighted by atomic mass is 10.1. The van der Waals surface area contributed by atoms with Crippen LogP contribution in [-0.2, 0) is 0 Å². The lowest BCUT2D eigenvalue weighted by Crippen LogP contribution is -2.28. The largest absolute Gasteiger partial charge is 0.475 e. The van der Waals surface area contributed by atoms with Gasteiger partial charge in [0.2, 0.25) is 5.88 Å². The first-order valence-corrected chi connectivity index (χ1v) is 9.47. The molecule has 4 rings (SSSR count). The van der Waals surface area contributed by atoms with Gasteiger partial charge in [0, 0.05) is 17.2 Å². The number of nitrogens with zero attached hydrogens (tertiary/aromatic N) is 4. The van der Waals surface area contributed by atoms with Gasteiger partial charge < -0.3 is 10.1 Å². The highest BCUT2D eigenvalue weighted by Crippen LogP contribution is 2.19. The van der Waals surface area contributed by atoms with Crippen molar-refractivity contribution < 1.29 is 13.9 Å². The fourth-order valence-corrected chi connectivity index (χ4v) is 3.16. The third-order valence-corrected chi connectivity index (χ3v) is 4.46. The number of hydrogen-bond donors (Lipinski definition) is 1. The van der Waals surface area contributed by atoms with Gasteiger partial charge in [-0.05, 0) is 56.3 Å². The van der Waals surface area contributed by atoms with Gasteiger partial charge >= 0.3 is 0 Å². The number of fused-ring (bicyclic) bond motifs is 1. The SMILES string of the molecule is Cc1cc(C)cc(C(=O)NCCOc2ccc3nnc(-c4ccc(F)cc4)n3n2)c1. The molecule has 2 aromatic carbocycles. The van der Waals surface area contributed by atoms with Crippen LogP contribution in [0.4, 0.5) is 4.39 Å². The maximum Gasteiger partial charge on any atom is 0.251 e. The van der Waals surface area contributed by atoms with E-state index in [1.165, 1.54) is 16.6 Å². The molecule has 0 saturated carbocycles. The number of nitrogens with one attached hydrogen (secondary N) is 1. The van der Waals surface area contributed by atoms with Crippen LogP contribution in [0.5, 0.6) is 5.88 Å². The Bertz CT molecular complexity index is 1180. The molecule has 2 aromatic heterocycles.